The lowest BCUT2D eigenvalue weighted by Crippen LogP contribution is -2.13. The fourth-order valence-electron chi connectivity index (χ4n) is 2.53. The molecule has 5 heteroatoms. The largest absolute Gasteiger partial charge is 0.354 e. The lowest BCUT2D eigenvalue weighted by Gasteiger charge is -2.11. The molecular formula is C21H18N4O. The van der Waals surface area contributed by atoms with Crippen LogP contribution in [-0.4, -0.2) is 10.9 Å². The first-order valence-corrected chi connectivity index (χ1v) is 8.16. The second-order valence-electron chi connectivity index (χ2n) is 6.05. The molecular weight excluding hydrogens is 324 g/mol. The molecule has 2 N–H and O–H groups in total. The van der Waals surface area contributed by atoms with Gasteiger partial charge in [-0.25, -0.2) is 0 Å². The monoisotopic (exact) mass is 342 g/mol. The van der Waals surface area contributed by atoms with E-state index in [2.05, 4.69) is 21.7 Å². The van der Waals surface area contributed by atoms with Crippen LogP contribution in [0.1, 0.15) is 27.0 Å². The number of carbonyl (C=O) groups is 1. The molecule has 128 valence electrons. The van der Waals surface area contributed by atoms with Gasteiger partial charge in [0.2, 0.25) is 0 Å². The third-order valence-corrected chi connectivity index (χ3v) is 3.92. The molecule has 0 bridgehead atoms. The number of anilines is 3. The summed E-state index contributed by atoms with van der Waals surface area (Å²) in [6.07, 6.45) is 3.16. The molecule has 0 unspecified atom stereocenters. The average Bonchev–Trinajstić information content (AvgIpc) is 2.65. The van der Waals surface area contributed by atoms with Gasteiger partial charge in [0.05, 0.1) is 29.1 Å². The molecule has 5 nitrogen and oxygen atoms in total. The zero-order valence-electron chi connectivity index (χ0n) is 14.6. The van der Waals surface area contributed by atoms with E-state index in [1.165, 1.54) is 6.20 Å². The third kappa shape index (κ3) is 4.05. The van der Waals surface area contributed by atoms with Crippen LogP contribution in [0.25, 0.3) is 0 Å². The number of nitriles is 1. The van der Waals surface area contributed by atoms with E-state index in [-0.39, 0.29) is 5.91 Å². The normalized spacial score (nSPS) is 10.0. The molecule has 3 rings (SSSR count). The van der Waals surface area contributed by atoms with Crippen LogP contribution in [0.3, 0.4) is 0 Å². The van der Waals surface area contributed by atoms with Crippen LogP contribution in [0.2, 0.25) is 0 Å². The Bertz CT molecular complexity index is 1000. The summed E-state index contributed by atoms with van der Waals surface area (Å²) in [6, 6.07) is 16.9. The molecule has 0 atom stereocenters. The van der Waals surface area contributed by atoms with Crippen molar-refractivity contribution in [3.63, 3.8) is 0 Å². The second kappa shape index (κ2) is 7.49. The Morgan fingerprint density at radius 3 is 2.69 bits per heavy atom. The Morgan fingerprint density at radius 1 is 1.04 bits per heavy atom. The molecule has 0 fully saturated rings. The van der Waals surface area contributed by atoms with E-state index in [0.29, 0.717) is 16.8 Å². The molecule has 0 radical (unpaired) electrons. The fraction of sp³-hybridized carbons (Fsp3) is 0.0952. The lowest BCUT2D eigenvalue weighted by atomic mass is 10.1. The van der Waals surface area contributed by atoms with Gasteiger partial charge in [0, 0.05) is 17.6 Å². The van der Waals surface area contributed by atoms with Crippen molar-refractivity contribution in [1.29, 1.82) is 5.26 Å². The zero-order valence-corrected chi connectivity index (χ0v) is 14.6. The van der Waals surface area contributed by atoms with Crippen molar-refractivity contribution in [2.24, 2.45) is 0 Å². The van der Waals surface area contributed by atoms with Gasteiger partial charge >= 0.3 is 0 Å². The number of rotatable bonds is 4. The predicted octanol–water partition coefficient (Wildman–Crippen LogP) is 4.57. The van der Waals surface area contributed by atoms with E-state index in [4.69, 9.17) is 5.26 Å². The van der Waals surface area contributed by atoms with Gasteiger partial charge in [-0.05, 0) is 55.3 Å². The number of benzene rings is 2. The molecule has 1 heterocycles. The highest BCUT2D eigenvalue weighted by molar-refractivity contribution is 6.05. The number of pyridine rings is 1. The standard InChI is InChI=1S/C21H18N4O/c1-14-6-7-15(2)20(8-14)25-21(26)17-10-19(13-23-12-17)24-18-5-3-4-16(9-18)11-22/h3-10,12-13,24H,1-2H3,(H,25,26). The average molecular weight is 342 g/mol. The summed E-state index contributed by atoms with van der Waals surface area (Å²) in [5, 5.41) is 15.1. The summed E-state index contributed by atoms with van der Waals surface area (Å²) in [5.41, 5.74) is 5.32. The van der Waals surface area contributed by atoms with E-state index in [0.717, 1.165) is 22.5 Å². The van der Waals surface area contributed by atoms with Crippen LogP contribution in [-0.2, 0) is 0 Å². The van der Waals surface area contributed by atoms with Crippen LogP contribution in [0.4, 0.5) is 17.1 Å². The molecule has 0 aliphatic heterocycles. The summed E-state index contributed by atoms with van der Waals surface area (Å²) in [5.74, 6) is -0.222. The molecule has 0 saturated carbocycles. The minimum Gasteiger partial charge on any atom is -0.354 e. The molecule has 0 saturated heterocycles. The van der Waals surface area contributed by atoms with Crippen molar-refractivity contribution in [2.45, 2.75) is 13.8 Å². The minimum absolute atomic E-state index is 0.222. The Hall–Kier alpha value is -3.65. The van der Waals surface area contributed by atoms with Gasteiger partial charge in [0.25, 0.3) is 5.91 Å². The van der Waals surface area contributed by atoms with E-state index >= 15 is 0 Å². The van der Waals surface area contributed by atoms with Crippen molar-refractivity contribution in [2.75, 3.05) is 10.6 Å². The number of hydrogen-bond donors (Lipinski definition) is 2. The molecule has 2 aromatic carbocycles. The molecule has 26 heavy (non-hydrogen) atoms. The van der Waals surface area contributed by atoms with Crippen LogP contribution in [0.5, 0.6) is 0 Å². The molecule has 0 spiro atoms. The van der Waals surface area contributed by atoms with Gasteiger partial charge in [-0.15, -0.1) is 0 Å². The maximum atomic E-state index is 12.6. The minimum atomic E-state index is -0.222. The van der Waals surface area contributed by atoms with Crippen molar-refractivity contribution in [1.82, 2.24) is 4.98 Å². The highest BCUT2D eigenvalue weighted by Gasteiger charge is 2.09. The fourth-order valence-corrected chi connectivity index (χ4v) is 2.53. The van der Waals surface area contributed by atoms with Gasteiger partial charge in [0.15, 0.2) is 0 Å². The summed E-state index contributed by atoms with van der Waals surface area (Å²) >= 11 is 0. The first kappa shape index (κ1) is 17.2. The van der Waals surface area contributed by atoms with Gasteiger partial charge in [-0.2, -0.15) is 5.26 Å². The second-order valence-corrected chi connectivity index (χ2v) is 6.05. The first-order chi connectivity index (χ1) is 12.5. The summed E-state index contributed by atoms with van der Waals surface area (Å²) < 4.78 is 0. The van der Waals surface area contributed by atoms with Crippen LogP contribution >= 0.6 is 0 Å². The third-order valence-electron chi connectivity index (χ3n) is 3.92. The number of amides is 1. The number of aryl methyl sites for hydroxylation is 2. The van der Waals surface area contributed by atoms with E-state index in [1.807, 2.05) is 38.1 Å². The topological polar surface area (TPSA) is 77.8 Å². The van der Waals surface area contributed by atoms with Crippen LogP contribution in [0, 0.1) is 25.2 Å². The van der Waals surface area contributed by atoms with E-state index < -0.39 is 0 Å². The number of hydrogen-bond acceptors (Lipinski definition) is 4. The Kier molecular flexibility index (Phi) is 4.95. The van der Waals surface area contributed by atoms with Gasteiger partial charge in [0.1, 0.15) is 0 Å². The summed E-state index contributed by atoms with van der Waals surface area (Å²) in [6.45, 7) is 3.93. The van der Waals surface area contributed by atoms with E-state index in [1.54, 1.807) is 30.5 Å². The van der Waals surface area contributed by atoms with E-state index in [9.17, 15) is 4.79 Å². The molecule has 0 aliphatic carbocycles. The number of nitrogens with zero attached hydrogens (tertiary/aromatic N) is 2. The maximum absolute atomic E-state index is 12.6. The number of aromatic nitrogens is 1. The van der Waals surface area contributed by atoms with Gasteiger partial charge in [-0.3, -0.25) is 9.78 Å². The molecule has 3 aromatic rings. The lowest BCUT2D eigenvalue weighted by molar-refractivity contribution is 0.102. The van der Waals surface area contributed by atoms with Gasteiger partial charge < -0.3 is 10.6 Å². The van der Waals surface area contributed by atoms with Crippen molar-refractivity contribution in [3.8, 4) is 6.07 Å². The summed E-state index contributed by atoms with van der Waals surface area (Å²) in [4.78, 5) is 16.7. The molecule has 1 aromatic heterocycles. The SMILES string of the molecule is Cc1ccc(C)c(NC(=O)c2cncc(Nc3cccc(C#N)c3)c2)c1. The van der Waals surface area contributed by atoms with Crippen molar-refractivity contribution >= 4 is 23.0 Å². The number of carbonyl (C=O) groups excluding carboxylic acids is 1. The highest BCUT2D eigenvalue weighted by atomic mass is 16.1. The molecule has 0 aliphatic rings. The zero-order chi connectivity index (χ0) is 18.5. The van der Waals surface area contributed by atoms with Crippen LogP contribution in [0.15, 0.2) is 60.9 Å². The highest BCUT2D eigenvalue weighted by Crippen LogP contribution is 2.20. The van der Waals surface area contributed by atoms with Crippen LogP contribution < -0.4 is 10.6 Å². The Labute approximate surface area is 152 Å². The Morgan fingerprint density at radius 2 is 1.88 bits per heavy atom. The quantitative estimate of drug-likeness (QED) is 0.728. The molecule has 1 amide bonds. The van der Waals surface area contributed by atoms with Crippen molar-refractivity contribution < 1.29 is 4.79 Å². The Balaban J connectivity index is 1.79. The summed E-state index contributed by atoms with van der Waals surface area (Å²) in [7, 11) is 0. The smallest absolute Gasteiger partial charge is 0.257 e. The maximum Gasteiger partial charge on any atom is 0.257 e. The van der Waals surface area contributed by atoms with Gasteiger partial charge in [-0.1, -0.05) is 18.2 Å². The number of nitrogens with one attached hydrogen (secondary N) is 2. The van der Waals surface area contributed by atoms with Crippen molar-refractivity contribution in [3.05, 3.63) is 83.2 Å². The predicted molar refractivity (Wildman–Crippen MR) is 103 cm³/mol. The first-order valence-electron chi connectivity index (χ1n) is 8.16.